The summed E-state index contributed by atoms with van der Waals surface area (Å²) in [6.45, 7) is 13.2. The lowest BCUT2D eigenvalue weighted by molar-refractivity contribution is 0.0181. The van der Waals surface area contributed by atoms with E-state index < -0.39 is 16.6 Å². The Labute approximate surface area is 213 Å². The molecule has 3 aliphatic carbocycles. The highest BCUT2D eigenvalue weighted by Crippen LogP contribution is 2.58. The predicted octanol–water partition coefficient (Wildman–Crippen LogP) is 7.32. The Morgan fingerprint density at radius 2 is 1.82 bits per heavy atom. The highest BCUT2D eigenvalue weighted by molar-refractivity contribution is 8.00. The van der Waals surface area contributed by atoms with Crippen LogP contribution in [0.25, 0.3) is 0 Å². The number of fused-ring (bicyclic) bond motifs is 1. The van der Waals surface area contributed by atoms with Crippen LogP contribution in [-0.4, -0.2) is 37.7 Å². The third-order valence-electron chi connectivity index (χ3n) is 9.31. The molecule has 4 heteroatoms. The highest BCUT2D eigenvalue weighted by Gasteiger charge is 2.48. The summed E-state index contributed by atoms with van der Waals surface area (Å²) in [5.74, 6) is 2.20. The fraction of sp³-hybridized carbons (Fsp3) is 0.800. The maximum absolute atomic E-state index is 11.4. The molecule has 0 amide bonds. The van der Waals surface area contributed by atoms with Crippen LogP contribution < -0.4 is 0 Å². The van der Waals surface area contributed by atoms with E-state index in [4.69, 9.17) is 0 Å². The summed E-state index contributed by atoms with van der Waals surface area (Å²) in [4.78, 5) is -1.01. The number of aliphatic hydroxyl groups is 3. The summed E-state index contributed by atoms with van der Waals surface area (Å²) in [7, 11) is 0. The topological polar surface area (TPSA) is 60.7 Å². The molecule has 0 aromatic rings. The van der Waals surface area contributed by atoms with E-state index in [-0.39, 0.29) is 0 Å². The molecule has 3 fully saturated rings. The van der Waals surface area contributed by atoms with Crippen molar-refractivity contribution in [3.8, 4) is 0 Å². The van der Waals surface area contributed by atoms with Crippen LogP contribution in [0, 0.1) is 17.3 Å². The molecule has 0 spiro atoms. The highest BCUT2D eigenvalue weighted by atomic mass is 32.2. The first-order chi connectivity index (χ1) is 16.1. The van der Waals surface area contributed by atoms with Crippen molar-refractivity contribution in [2.45, 2.75) is 128 Å². The van der Waals surface area contributed by atoms with E-state index in [0.29, 0.717) is 36.3 Å². The molecule has 0 aliphatic heterocycles. The first-order valence-electron chi connectivity index (χ1n) is 13.9. The number of hydrogen-bond acceptors (Lipinski definition) is 4. The van der Waals surface area contributed by atoms with Gasteiger partial charge in [0.15, 0.2) is 0 Å². The van der Waals surface area contributed by atoms with Gasteiger partial charge in [-0.1, -0.05) is 71.3 Å². The van der Waals surface area contributed by atoms with Crippen LogP contribution in [-0.2, 0) is 0 Å². The standard InChI is InChI=1S/C30H50O3S/c1-6-15-29(32,16-7-2)18-19-34-30(33)20-24(22(4)27(31)21-30)12-11-23-10-9-17-28(5)25(8-3)13-14-26(23)28/h11-12,25-27,31-33H,4,6-10,13-21H2,1-3,5H3/t25-,26-,27-,28+,30-/m0/s1. The fourth-order valence-electron chi connectivity index (χ4n) is 7.36. The number of hydrogen-bond donors (Lipinski definition) is 3. The lowest BCUT2D eigenvalue weighted by Crippen LogP contribution is -2.38. The maximum Gasteiger partial charge on any atom is 0.117 e. The molecule has 0 heterocycles. The zero-order valence-electron chi connectivity index (χ0n) is 22.2. The van der Waals surface area contributed by atoms with E-state index in [2.05, 4.69) is 46.4 Å². The summed E-state index contributed by atoms with van der Waals surface area (Å²) in [6, 6.07) is 0. The first kappa shape index (κ1) is 28.0. The van der Waals surface area contributed by atoms with Gasteiger partial charge in [0, 0.05) is 12.8 Å². The Balaban J connectivity index is 1.70. The summed E-state index contributed by atoms with van der Waals surface area (Å²) in [5, 5.41) is 33.1. The third kappa shape index (κ3) is 6.22. The van der Waals surface area contributed by atoms with Gasteiger partial charge in [0.1, 0.15) is 4.93 Å². The molecule has 0 aromatic carbocycles. The fourth-order valence-corrected chi connectivity index (χ4v) is 8.75. The van der Waals surface area contributed by atoms with Crippen LogP contribution in [0.15, 0.2) is 35.5 Å². The number of allylic oxidation sites excluding steroid dienone is 3. The van der Waals surface area contributed by atoms with Gasteiger partial charge in [-0.3, -0.25) is 0 Å². The Hall–Kier alpha value is -0.550. The van der Waals surface area contributed by atoms with E-state index in [9.17, 15) is 15.3 Å². The van der Waals surface area contributed by atoms with E-state index >= 15 is 0 Å². The molecule has 5 atom stereocenters. The largest absolute Gasteiger partial charge is 0.390 e. The van der Waals surface area contributed by atoms with E-state index in [1.54, 1.807) is 5.57 Å². The van der Waals surface area contributed by atoms with Gasteiger partial charge in [-0.2, -0.15) is 0 Å². The summed E-state index contributed by atoms with van der Waals surface area (Å²) in [5.41, 5.74) is 3.09. The van der Waals surface area contributed by atoms with Gasteiger partial charge in [0.25, 0.3) is 0 Å². The molecule has 3 saturated carbocycles. The van der Waals surface area contributed by atoms with Crippen LogP contribution in [0.4, 0.5) is 0 Å². The Kier molecular flexibility index (Phi) is 9.62. The molecule has 194 valence electrons. The van der Waals surface area contributed by atoms with Gasteiger partial charge in [-0.05, 0) is 85.5 Å². The first-order valence-corrected chi connectivity index (χ1v) is 14.9. The Morgan fingerprint density at radius 3 is 2.47 bits per heavy atom. The van der Waals surface area contributed by atoms with Crippen LogP contribution in [0.1, 0.15) is 111 Å². The molecule has 0 saturated heterocycles. The zero-order chi connectivity index (χ0) is 25.0. The van der Waals surface area contributed by atoms with Crippen LogP contribution in [0.5, 0.6) is 0 Å². The predicted molar refractivity (Wildman–Crippen MR) is 146 cm³/mol. The van der Waals surface area contributed by atoms with Crippen molar-refractivity contribution in [3.63, 3.8) is 0 Å². The molecule has 0 aromatic heterocycles. The van der Waals surface area contributed by atoms with Crippen molar-refractivity contribution in [2.24, 2.45) is 17.3 Å². The Bertz CT molecular complexity index is 765. The van der Waals surface area contributed by atoms with Gasteiger partial charge in [-0.15, -0.1) is 11.8 Å². The van der Waals surface area contributed by atoms with Crippen molar-refractivity contribution in [1.82, 2.24) is 0 Å². The van der Waals surface area contributed by atoms with Crippen LogP contribution in [0.2, 0.25) is 0 Å². The number of rotatable bonds is 10. The van der Waals surface area contributed by atoms with Crippen molar-refractivity contribution >= 4 is 11.8 Å². The van der Waals surface area contributed by atoms with Crippen molar-refractivity contribution in [2.75, 3.05) is 5.75 Å². The molecule has 34 heavy (non-hydrogen) atoms. The van der Waals surface area contributed by atoms with Crippen LogP contribution >= 0.6 is 11.8 Å². The average molecular weight is 491 g/mol. The second kappa shape index (κ2) is 11.7. The molecule has 3 aliphatic rings. The Morgan fingerprint density at radius 1 is 1.12 bits per heavy atom. The molecule has 3 rings (SSSR count). The molecule has 0 unspecified atom stereocenters. The number of aliphatic hydroxyl groups excluding tert-OH is 1. The zero-order valence-corrected chi connectivity index (χ0v) is 23.1. The van der Waals surface area contributed by atoms with Crippen molar-refractivity contribution in [3.05, 3.63) is 35.5 Å². The van der Waals surface area contributed by atoms with Crippen molar-refractivity contribution in [1.29, 1.82) is 0 Å². The molecule has 3 nitrogen and oxygen atoms in total. The van der Waals surface area contributed by atoms with Gasteiger partial charge in [0.05, 0.1) is 11.7 Å². The van der Waals surface area contributed by atoms with E-state index in [0.717, 1.165) is 42.7 Å². The maximum atomic E-state index is 11.4. The number of thioether (sulfide) groups is 1. The summed E-state index contributed by atoms with van der Waals surface area (Å²) in [6.07, 6.45) is 16.5. The monoisotopic (exact) mass is 490 g/mol. The smallest absolute Gasteiger partial charge is 0.117 e. The van der Waals surface area contributed by atoms with Gasteiger partial charge in [-0.25, -0.2) is 0 Å². The molecule has 3 N–H and O–H groups in total. The molecule has 0 radical (unpaired) electrons. The van der Waals surface area contributed by atoms with E-state index in [1.165, 1.54) is 50.3 Å². The minimum absolute atomic E-state index is 0.309. The second-order valence-electron chi connectivity index (χ2n) is 11.7. The molecular weight excluding hydrogens is 440 g/mol. The van der Waals surface area contributed by atoms with Gasteiger partial charge < -0.3 is 15.3 Å². The van der Waals surface area contributed by atoms with Crippen LogP contribution in [0.3, 0.4) is 0 Å². The minimum atomic E-state index is -1.01. The quantitative estimate of drug-likeness (QED) is 0.281. The second-order valence-corrected chi connectivity index (χ2v) is 13.2. The van der Waals surface area contributed by atoms with E-state index in [1.807, 2.05) is 0 Å². The average Bonchev–Trinajstić information content (AvgIpc) is 3.12. The molecule has 0 bridgehead atoms. The minimum Gasteiger partial charge on any atom is -0.390 e. The third-order valence-corrected chi connectivity index (χ3v) is 10.6. The summed E-state index contributed by atoms with van der Waals surface area (Å²) < 4.78 is 0. The summed E-state index contributed by atoms with van der Waals surface area (Å²) >= 11 is 1.50. The molecular formula is C30H50O3S. The lowest BCUT2D eigenvalue weighted by atomic mass is 9.63. The van der Waals surface area contributed by atoms with Crippen molar-refractivity contribution < 1.29 is 15.3 Å². The SMILES string of the molecule is C=C1C(=CC=C2CCC[C@]3(C)[C@@H](CC)CC[C@@H]23)C[C@](O)(SCCC(O)(CCC)CCC)C[C@@H]1O. The normalized spacial score (nSPS) is 36.9. The van der Waals surface area contributed by atoms with Gasteiger partial charge in [0.2, 0.25) is 0 Å². The van der Waals surface area contributed by atoms with Gasteiger partial charge >= 0.3 is 0 Å². The lowest BCUT2D eigenvalue weighted by Gasteiger charge is -2.42.